The summed E-state index contributed by atoms with van der Waals surface area (Å²) in [7, 11) is 1.94. The topological polar surface area (TPSA) is 38.1 Å². The molecule has 4 heteroatoms. The lowest BCUT2D eigenvalue weighted by Crippen LogP contribution is -2.35. The molecule has 0 radical (unpaired) electrons. The molecule has 2 heterocycles. The Kier molecular flexibility index (Phi) is 7.65. The van der Waals surface area contributed by atoms with Crippen molar-refractivity contribution in [1.29, 1.82) is 0 Å². The van der Waals surface area contributed by atoms with E-state index in [1.807, 2.05) is 38.0 Å². The first-order chi connectivity index (χ1) is 9.90. The van der Waals surface area contributed by atoms with Crippen LogP contribution in [0.4, 0.5) is 0 Å². The van der Waals surface area contributed by atoms with Crippen LogP contribution in [0.5, 0.6) is 0 Å². The largest absolute Gasteiger partial charge is 0.298 e. The first kappa shape index (κ1) is 17.9. The van der Waals surface area contributed by atoms with Gasteiger partial charge in [-0.1, -0.05) is 34.1 Å². The van der Waals surface area contributed by atoms with Crippen LogP contribution in [0, 0.1) is 5.92 Å². The highest BCUT2D eigenvalue weighted by Gasteiger charge is 2.15. The van der Waals surface area contributed by atoms with E-state index in [-0.39, 0.29) is 5.92 Å². The van der Waals surface area contributed by atoms with Crippen LogP contribution in [0.1, 0.15) is 58.4 Å². The van der Waals surface area contributed by atoms with Gasteiger partial charge in [0.2, 0.25) is 0 Å². The van der Waals surface area contributed by atoms with Crippen LogP contribution >= 0.6 is 0 Å². The van der Waals surface area contributed by atoms with Crippen molar-refractivity contribution < 1.29 is 4.79 Å². The number of carbonyl (C=O) groups excluding carboxylic acids is 1. The van der Waals surface area contributed by atoms with Crippen LogP contribution in [-0.2, 0) is 11.8 Å². The summed E-state index contributed by atoms with van der Waals surface area (Å²) in [5.74, 6) is 1.18. The molecular weight excluding hydrogens is 262 g/mol. The summed E-state index contributed by atoms with van der Waals surface area (Å²) in [6.07, 6.45) is 7.83. The molecule has 0 aromatic carbocycles. The summed E-state index contributed by atoms with van der Waals surface area (Å²) >= 11 is 0. The summed E-state index contributed by atoms with van der Waals surface area (Å²) < 4.78 is 1.83. The minimum absolute atomic E-state index is 0.201. The van der Waals surface area contributed by atoms with Crippen molar-refractivity contribution >= 4 is 5.78 Å². The maximum atomic E-state index is 11.4. The highest BCUT2D eigenvalue weighted by atomic mass is 16.1. The number of hydrogen-bond acceptors (Lipinski definition) is 3. The number of aromatic nitrogens is 2. The molecule has 0 amide bonds. The lowest BCUT2D eigenvalue weighted by Gasteiger charge is -2.26. The monoisotopic (exact) mass is 293 g/mol. The molecule has 0 N–H and O–H groups in total. The van der Waals surface area contributed by atoms with Gasteiger partial charge in [-0.05, 0) is 37.4 Å². The fourth-order valence-electron chi connectivity index (χ4n) is 2.26. The third kappa shape index (κ3) is 6.89. The number of aryl methyl sites for hydroxylation is 1. The fourth-order valence-corrected chi connectivity index (χ4v) is 2.26. The quantitative estimate of drug-likeness (QED) is 0.855. The standard InChI is InChI=1S/C10H19NO.C7H12N2/c1-9(2)10(12)8-11-6-4-3-5-7-11;1-6(2)7-4-8-9(3)5-7/h9H,3-8H2,1-2H3;4-6H,1-3H3. The van der Waals surface area contributed by atoms with Crippen molar-refractivity contribution in [3.05, 3.63) is 18.0 Å². The molecule has 1 aliphatic rings. The molecule has 1 aliphatic heterocycles. The maximum absolute atomic E-state index is 11.4. The molecule has 0 aliphatic carbocycles. The van der Waals surface area contributed by atoms with Crippen molar-refractivity contribution in [2.45, 2.75) is 52.9 Å². The van der Waals surface area contributed by atoms with Gasteiger partial charge in [-0.25, -0.2) is 0 Å². The second-order valence-corrected chi connectivity index (χ2v) is 6.56. The number of ketones is 1. The molecule has 0 bridgehead atoms. The molecular formula is C17H31N3O. The van der Waals surface area contributed by atoms with Gasteiger partial charge in [0.25, 0.3) is 0 Å². The third-order valence-electron chi connectivity index (χ3n) is 3.86. The molecule has 0 spiro atoms. The highest BCUT2D eigenvalue weighted by molar-refractivity contribution is 5.82. The van der Waals surface area contributed by atoms with Gasteiger partial charge in [0.15, 0.2) is 0 Å². The molecule has 1 aromatic heterocycles. The Hall–Kier alpha value is -1.16. The zero-order chi connectivity index (χ0) is 15.8. The van der Waals surface area contributed by atoms with Crippen LogP contribution in [-0.4, -0.2) is 40.1 Å². The Bertz CT molecular complexity index is 417. The van der Waals surface area contributed by atoms with E-state index in [1.165, 1.54) is 24.8 Å². The van der Waals surface area contributed by atoms with Gasteiger partial charge in [-0.2, -0.15) is 5.10 Å². The van der Waals surface area contributed by atoms with Crippen molar-refractivity contribution in [3.8, 4) is 0 Å². The summed E-state index contributed by atoms with van der Waals surface area (Å²) in [6, 6.07) is 0. The first-order valence-corrected chi connectivity index (χ1v) is 8.13. The van der Waals surface area contributed by atoms with E-state index in [1.54, 1.807) is 0 Å². The molecule has 0 atom stereocenters. The average Bonchev–Trinajstić information content (AvgIpc) is 2.87. The second kappa shape index (κ2) is 8.98. The number of piperidine rings is 1. The Balaban J connectivity index is 0.000000219. The SMILES string of the molecule is CC(C)C(=O)CN1CCCCC1.CC(C)c1cnn(C)c1. The van der Waals surface area contributed by atoms with E-state index in [9.17, 15) is 4.79 Å². The zero-order valence-corrected chi connectivity index (χ0v) is 14.3. The van der Waals surface area contributed by atoms with Crippen LogP contribution in [0.15, 0.2) is 12.4 Å². The molecule has 0 unspecified atom stereocenters. The lowest BCUT2D eigenvalue weighted by atomic mass is 10.1. The first-order valence-electron chi connectivity index (χ1n) is 8.13. The van der Waals surface area contributed by atoms with E-state index in [2.05, 4.69) is 23.8 Å². The number of nitrogens with zero attached hydrogens (tertiary/aromatic N) is 3. The predicted molar refractivity (Wildman–Crippen MR) is 87.4 cm³/mol. The molecule has 1 fully saturated rings. The van der Waals surface area contributed by atoms with Crippen LogP contribution in [0.2, 0.25) is 0 Å². The molecule has 2 rings (SSSR count). The van der Waals surface area contributed by atoms with Gasteiger partial charge in [0, 0.05) is 19.2 Å². The van der Waals surface area contributed by atoms with Crippen molar-refractivity contribution in [1.82, 2.24) is 14.7 Å². The summed E-state index contributed by atoms with van der Waals surface area (Å²) in [4.78, 5) is 13.7. The number of carbonyl (C=O) groups is 1. The number of rotatable bonds is 4. The summed E-state index contributed by atoms with van der Waals surface area (Å²) in [5, 5.41) is 4.05. The number of Topliss-reactive ketones (excluding diaryl/α,β-unsaturated/α-hetero) is 1. The molecule has 120 valence electrons. The highest BCUT2D eigenvalue weighted by Crippen LogP contribution is 2.11. The fraction of sp³-hybridized carbons (Fsp3) is 0.765. The van der Waals surface area contributed by atoms with E-state index in [4.69, 9.17) is 0 Å². The predicted octanol–water partition coefficient (Wildman–Crippen LogP) is 3.24. The van der Waals surface area contributed by atoms with Crippen molar-refractivity contribution in [2.75, 3.05) is 19.6 Å². The van der Waals surface area contributed by atoms with Gasteiger partial charge >= 0.3 is 0 Å². The van der Waals surface area contributed by atoms with Gasteiger partial charge in [0.05, 0.1) is 12.7 Å². The lowest BCUT2D eigenvalue weighted by molar-refractivity contribution is -0.123. The van der Waals surface area contributed by atoms with E-state index < -0.39 is 0 Å². The molecule has 1 saturated heterocycles. The summed E-state index contributed by atoms with van der Waals surface area (Å²) in [5.41, 5.74) is 1.30. The van der Waals surface area contributed by atoms with Gasteiger partial charge < -0.3 is 0 Å². The summed E-state index contributed by atoms with van der Waals surface area (Å²) in [6.45, 7) is 11.2. The van der Waals surface area contributed by atoms with Crippen LogP contribution < -0.4 is 0 Å². The molecule has 1 aromatic rings. The van der Waals surface area contributed by atoms with Gasteiger partial charge in [-0.15, -0.1) is 0 Å². The Morgan fingerprint density at radius 2 is 1.81 bits per heavy atom. The second-order valence-electron chi connectivity index (χ2n) is 6.56. The van der Waals surface area contributed by atoms with Gasteiger partial charge in [0.1, 0.15) is 5.78 Å². The van der Waals surface area contributed by atoms with E-state index >= 15 is 0 Å². The van der Waals surface area contributed by atoms with E-state index in [0.717, 1.165) is 13.1 Å². The van der Waals surface area contributed by atoms with Gasteiger partial charge in [-0.3, -0.25) is 14.4 Å². The van der Waals surface area contributed by atoms with Crippen molar-refractivity contribution in [3.63, 3.8) is 0 Å². The number of hydrogen-bond donors (Lipinski definition) is 0. The Morgan fingerprint density at radius 3 is 2.19 bits per heavy atom. The smallest absolute Gasteiger partial charge is 0.149 e. The van der Waals surface area contributed by atoms with Crippen LogP contribution in [0.25, 0.3) is 0 Å². The van der Waals surface area contributed by atoms with Crippen molar-refractivity contribution in [2.24, 2.45) is 13.0 Å². The normalized spacial score (nSPS) is 16.0. The molecule has 21 heavy (non-hydrogen) atoms. The minimum Gasteiger partial charge on any atom is -0.298 e. The van der Waals surface area contributed by atoms with Crippen LogP contribution in [0.3, 0.4) is 0 Å². The zero-order valence-electron chi connectivity index (χ0n) is 14.3. The maximum Gasteiger partial charge on any atom is 0.149 e. The Labute approximate surface area is 129 Å². The number of likely N-dealkylation sites (tertiary alicyclic amines) is 1. The molecule has 0 saturated carbocycles. The minimum atomic E-state index is 0.201. The third-order valence-corrected chi connectivity index (χ3v) is 3.86. The van der Waals surface area contributed by atoms with E-state index in [0.29, 0.717) is 18.2 Å². The Morgan fingerprint density at radius 1 is 1.19 bits per heavy atom. The molecule has 4 nitrogen and oxygen atoms in total. The average molecular weight is 293 g/mol.